The lowest BCUT2D eigenvalue weighted by Gasteiger charge is -2.37. The van der Waals surface area contributed by atoms with Crippen molar-refractivity contribution < 1.29 is 9.90 Å². The minimum atomic E-state index is -0.0508. The molecule has 3 N–H and O–H groups in total. The van der Waals surface area contributed by atoms with E-state index in [-0.39, 0.29) is 17.7 Å². The number of likely N-dealkylation sites (tertiary alicyclic amines) is 1. The van der Waals surface area contributed by atoms with Gasteiger partial charge in [-0.25, -0.2) is 0 Å². The number of nitrogens with two attached hydrogens (primary N) is 1. The SMILES string of the molecule is Cc1c(O)cccc1C(=O)N1CC(N)C1. The molecule has 2 rings (SSSR count). The topological polar surface area (TPSA) is 66.6 Å². The molecule has 0 aromatic heterocycles. The first-order valence-electron chi connectivity index (χ1n) is 4.93. The molecule has 0 bridgehead atoms. The molecule has 1 aromatic carbocycles. The van der Waals surface area contributed by atoms with Crippen molar-refractivity contribution in [2.45, 2.75) is 13.0 Å². The van der Waals surface area contributed by atoms with E-state index in [1.54, 1.807) is 30.0 Å². The molecule has 0 spiro atoms. The Balaban J connectivity index is 2.22. The lowest BCUT2D eigenvalue weighted by molar-refractivity contribution is 0.0607. The molecule has 0 radical (unpaired) electrons. The number of hydrogen-bond acceptors (Lipinski definition) is 3. The fourth-order valence-corrected chi connectivity index (χ4v) is 1.70. The third-order valence-electron chi connectivity index (χ3n) is 2.73. The summed E-state index contributed by atoms with van der Waals surface area (Å²) in [6.45, 7) is 2.95. The highest BCUT2D eigenvalue weighted by Gasteiger charge is 2.29. The van der Waals surface area contributed by atoms with Gasteiger partial charge in [-0.3, -0.25) is 4.79 Å². The summed E-state index contributed by atoms with van der Waals surface area (Å²) in [5.74, 6) is 0.107. The van der Waals surface area contributed by atoms with Crippen LogP contribution in [0, 0.1) is 6.92 Å². The molecule has 1 saturated heterocycles. The summed E-state index contributed by atoms with van der Waals surface area (Å²) >= 11 is 0. The Morgan fingerprint density at radius 1 is 1.53 bits per heavy atom. The van der Waals surface area contributed by atoms with Gasteiger partial charge in [-0.1, -0.05) is 6.07 Å². The van der Waals surface area contributed by atoms with Crippen LogP contribution in [-0.4, -0.2) is 35.0 Å². The number of phenolic OH excluding ortho intramolecular Hbond substituents is 1. The fourth-order valence-electron chi connectivity index (χ4n) is 1.70. The van der Waals surface area contributed by atoms with E-state index in [4.69, 9.17) is 5.73 Å². The quantitative estimate of drug-likeness (QED) is 0.702. The van der Waals surface area contributed by atoms with Gasteiger partial charge in [-0.05, 0) is 19.1 Å². The van der Waals surface area contributed by atoms with Crippen molar-refractivity contribution >= 4 is 5.91 Å². The van der Waals surface area contributed by atoms with E-state index in [0.717, 1.165) is 0 Å². The lowest BCUT2D eigenvalue weighted by atomic mass is 10.0. The molecule has 0 unspecified atom stereocenters. The van der Waals surface area contributed by atoms with Crippen LogP contribution < -0.4 is 5.73 Å². The van der Waals surface area contributed by atoms with Gasteiger partial charge in [0.1, 0.15) is 5.75 Å². The van der Waals surface area contributed by atoms with Gasteiger partial charge in [-0.15, -0.1) is 0 Å². The maximum absolute atomic E-state index is 11.9. The van der Waals surface area contributed by atoms with E-state index >= 15 is 0 Å². The third-order valence-corrected chi connectivity index (χ3v) is 2.73. The number of carbonyl (C=O) groups is 1. The van der Waals surface area contributed by atoms with E-state index in [1.165, 1.54) is 0 Å². The van der Waals surface area contributed by atoms with Crippen LogP contribution in [0.5, 0.6) is 5.75 Å². The summed E-state index contributed by atoms with van der Waals surface area (Å²) in [5.41, 5.74) is 6.79. The normalized spacial score (nSPS) is 16.3. The second-order valence-corrected chi connectivity index (χ2v) is 3.92. The molecule has 1 heterocycles. The summed E-state index contributed by atoms with van der Waals surface area (Å²) in [7, 11) is 0. The third kappa shape index (κ3) is 1.68. The van der Waals surface area contributed by atoms with E-state index in [2.05, 4.69) is 0 Å². The Hall–Kier alpha value is -1.55. The van der Waals surface area contributed by atoms with Gasteiger partial charge in [0, 0.05) is 30.3 Å². The van der Waals surface area contributed by atoms with Crippen molar-refractivity contribution in [3.8, 4) is 5.75 Å². The maximum Gasteiger partial charge on any atom is 0.254 e. The Morgan fingerprint density at radius 2 is 2.20 bits per heavy atom. The second kappa shape index (κ2) is 3.55. The summed E-state index contributed by atoms with van der Waals surface area (Å²) in [5, 5.41) is 9.48. The molecule has 1 amide bonds. The highest BCUT2D eigenvalue weighted by Crippen LogP contribution is 2.22. The Bertz CT molecular complexity index is 398. The number of hydrogen-bond donors (Lipinski definition) is 2. The van der Waals surface area contributed by atoms with E-state index < -0.39 is 0 Å². The van der Waals surface area contributed by atoms with Crippen molar-refractivity contribution in [1.29, 1.82) is 0 Å². The van der Waals surface area contributed by atoms with Crippen LogP contribution in [0.3, 0.4) is 0 Å². The summed E-state index contributed by atoms with van der Waals surface area (Å²) < 4.78 is 0. The van der Waals surface area contributed by atoms with Gasteiger partial charge >= 0.3 is 0 Å². The van der Waals surface area contributed by atoms with Crippen LogP contribution in [0.15, 0.2) is 18.2 Å². The van der Waals surface area contributed by atoms with Gasteiger partial charge < -0.3 is 15.7 Å². The smallest absolute Gasteiger partial charge is 0.254 e. The lowest BCUT2D eigenvalue weighted by Crippen LogP contribution is -2.57. The van der Waals surface area contributed by atoms with Gasteiger partial charge in [0.2, 0.25) is 0 Å². The van der Waals surface area contributed by atoms with Crippen molar-refractivity contribution in [3.63, 3.8) is 0 Å². The summed E-state index contributed by atoms with van der Waals surface area (Å²) in [6.07, 6.45) is 0. The highest BCUT2D eigenvalue weighted by molar-refractivity contribution is 5.96. The molecule has 0 atom stereocenters. The van der Waals surface area contributed by atoms with E-state index in [9.17, 15) is 9.90 Å². The largest absolute Gasteiger partial charge is 0.508 e. The minimum absolute atomic E-state index is 0.0508. The van der Waals surface area contributed by atoms with E-state index in [0.29, 0.717) is 24.2 Å². The number of phenols is 1. The van der Waals surface area contributed by atoms with Crippen LogP contribution >= 0.6 is 0 Å². The highest BCUT2D eigenvalue weighted by atomic mass is 16.3. The molecular formula is C11H14N2O2. The number of aromatic hydroxyl groups is 1. The van der Waals surface area contributed by atoms with Gasteiger partial charge in [-0.2, -0.15) is 0 Å². The van der Waals surface area contributed by atoms with Gasteiger partial charge in [0.25, 0.3) is 5.91 Å². The van der Waals surface area contributed by atoms with Crippen LogP contribution in [-0.2, 0) is 0 Å². The van der Waals surface area contributed by atoms with Crippen LogP contribution in [0.2, 0.25) is 0 Å². The Morgan fingerprint density at radius 3 is 2.80 bits per heavy atom. The van der Waals surface area contributed by atoms with Gasteiger partial charge in [0.05, 0.1) is 0 Å². The average Bonchev–Trinajstić information content (AvgIpc) is 2.16. The Kier molecular flexibility index (Phi) is 2.36. The van der Waals surface area contributed by atoms with Crippen molar-refractivity contribution in [2.24, 2.45) is 5.73 Å². The number of carbonyl (C=O) groups excluding carboxylic acids is 1. The molecule has 0 saturated carbocycles. The number of benzene rings is 1. The predicted octanol–water partition coefficient (Wildman–Crippen LogP) is 0.484. The zero-order chi connectivity index (χ0) is 11.0. The molecule has 1 fully saturated rings. The minimum Gasteiger partial charge on any atom is -0.508 e. The van der Waals surface area contributed by atoms with Crippen LogP contribution in [0.4, 0.5) is 0 Å². The number of nitrogens with zero attached hydrogens (tertiary/aromatic N) is 1. The van der Waals surface area contributed by atoms with Crippen LogP contribution in [0.1, 0.15) is 15.9 Å². The first-order chi connectivity index (χ1) is 7.09. The molecule has 80 valence electrons. The summed E-state index contributed by atoms with van der Waals surface area (Å²) in [6, 6.07) is 5.08. The molecular weight excluding hydrogens is 192 g/mol. The predicted molar refractivity (Wildman–Crippen MR) is 56.7 cm³/mol. The van der Waals surface area contributed by atoms with Gasteiger partial charge in [0.15, 0.2) is 0 Å². The molecule has 0 aliphatic carbocycles. The molecule has 1 aliphatic heterocycles. The first-order valence-corrected chi connectivity index (χ1v) is 4.93. The molecule has 4 heteroatoms. The van der Waals surface area contributed by atoms with Crippen LogP contribution in [0.25, 0.3) is 0 Å². The maximum atomic E-state index is 11.9. The fraction of sp³-hybridized carbons (Fsp3) is 0.364. The zero-order valence-electron chi connectivity index (χ0n) is 8.60. The Labute approximate surface area is 88.3 Å². The van der Waals surface area contributed by atoms with Crippen molar-refractivity contribution in [1.82, 2.24) is 4.90 Å². The second-order valence-electron chi connectivity index (χ2n) is 3.92. The molecule has 15 heavy (non-hydrogen) atoms. The average molecular weight is 206 g/mol. The molecule has 4 nitrogen and oxygen atoms in total. The number of rotatable bonds is 1. The zero-order valence-corrected chi connectivity index (χ0v) is 8.60. The standard InChI is InChI=1S/C11H14N2O2/c1-7-9(3-2-4-10(7)14)11(15)13-5-8(12)6-13/h2-4,8,14H,5-6,12H2,1H3. The molecule has 1 aliphatic rings. The van der Waals surface area contributed by atoms with E-state index in [1.807, 2.05) is 0 Å². The van der Waals surface area contributed by atoms with Crippen molar-refractivity contribution in [3.05, 3.63) is 29.3 Å². The summed E-state index contributed by atoms with van der Waals surface area (Å²) in [4.78, 5) is 13.6. The monoisotopic (exact) mass is 206 g/mol. The number of amides is 1. The first kappa shape index (κ1) is 9.98. The molecule has 1 aromatic rings. The van der Waals surface area contributed by atoms with Crippen molar-refractivity contribution in [2.75, 3.05) is 13.1 Å².